The van der Waals surface area contributed by atoms with Crippen LogP contribution in [-0.4, -0.2) is 42.4 Å². The van der Waals surface area contributed by atoms with E-state index in [1.54, 1.807) is 7.05 Å². The molecule has 0 atom stereocenters. The highest BCUT2D eigenvalue weighted by Crippen LogP contribution is 1.92. The van der Waals surface area contributed by atoms with E-state index >= 15 is 0 Å². The van der Waals surface area contributed by atoms with Gasteiger partial charge < -0.3 is 15.7 Å². The summed E-state index contributed by atoms with van der Waals surface area (Å²) < 4.78 is 0. The second-order valence-corrected chi connectivity index (χ2v) is 2.53. The van der Waals surface area contributed by atoms with E-state index in [0.717, 1.165) is 19.4 Å². The van der Waals surface area contributed by atoms with E-state index < -0.39 is 0 Å². The maximum absolute atomic E-state index is 10.6. The summed E-state index contributed by atoms with van der Waals surface area (Å²) in [4.78, 5) is 0.166. The third-order valence-corrected chi connectivity index (χ3v) is 1.53. The van der Waals surface area contributed by atoms with Crippen LogP contribution in [0.2, 0.25) is 0 Å². The van der Waals surface area contributed by atoms with Gasteiger partial charge in [0.15, 0.2) is 0 Å². The lowest BCUT2D eigenvalue weighted by Gasteiger charge is -2.11. The van der Waals surface area contributed by atoms with Crippen molar-refractivity contribution < 1.29 is 10.2 Å². The first-order valence-electron chi connectivity index (χ1n) is 3.90. The monoisotopic (exact) mass is 176 g/mol. The van der Waals surface area contributed by atoms with Crippen molar-refractivity contribution in [1.29, 1.82) is 0 Å². The van der Waals surface area contributed by atoms with Gasteiger partial charge in [0.05, 0.1) is 18.6 Å². The van der Waals surface area contributed by atoms with Gasteiger partial charge in [0.2, 0.25) is 5.28 Å². The van der Waals surface area contributed by atoms with Crippen LogP contribution in [0.5, 0.6) is 0 Å². The van der Waals surface area contributed by atoms with Crippen LogP contribution in [0.25, 0.3) is 0 Å². The smallest absolute Gasteiger partial charge is 0.230 e. The molecule has 0 heterocycles. The number of rotatable bonds is 6. The molecule has 0 spiro atoms. The van der Waals surface area contributed by atoms with Crippen molar-refractivity contribution in [3.05, 3.63) is 5.21 Å². The first-order chi connectivity index (χ1) is 5.72. The minimum Gasteiger partial charge on any atom is -0.569 e. The molecule has 0 fully saturated rings. The summed E-state index contributed by atoms with van der Waals surface area (Å²) in [7, 11) is 3.46. The molecule has 0 rings (SSSR count). The molecule has 6 heteroatoms. The molecule has 0 amide bonds. The topological polar surface area (TPSA) is 73.9 Å². The Hall–Kier alpha value is -1.04. The van der Waals surface area contributed by atoms with Gasteiger partial charge in [-0.25, -0.2) is 0 Å². The molecule has 6 nitrogen and oxygen atoms in total. The predicted molar refractivity (Wildman–Crippen MR) is 43.6 cm³/mol. The van der Waals surface area contributed by atoms with Gasteiger partial charge in [-0.05, 0) is 26.4 Å². The maximum atomic E-state index is 10.6. The fraction of sp³-hybridized carbons (Fsp3) is 1.00. The molecule has 0 saturated carbocycles. The molecule has 0 unspecified atom stereocenters. The average molecular weight is 176 g/mol. The fourth-order valence-corrected chi connectivity index (χ4v) is 0.796. The molecule has 0 aliphatic heterocycles. The van der Waals surface area contributed by atoms with Crippen molar-refractivity contribution in [2.24, 2.45) is 5.28 Å². The first kappa shape index (κ1) is 11.0. The molecule has 12 heavy (non-hydrogen) atoms. The molecule has 0 bridgehead atoms. The Labute approximate surface area is 72.0 Å². The van der Waals surface area contributed by atoms with Gasteiger partial charge in [0.25, 0.3) is 0 Å². The zero-order valence-corrected chi connectivity index (χ0v) is 7.53. The molecular weight excluding hydrogens is 160 g/mol. The fourth-order valence-electron chi connectivity index (χ4n) is 0.796. The minimum atomic E-state index is 0.166. The third kappa shape index (κ3) is 4.73. The molecule has 0 aromatic heterocycles. The zero-order valence-electron chi connectivity index (χ0n) is 7.53. The third-order valence-electron chi connectivity index (χ3n) is 1.53. The van der Waals surface area contributed by atoms with Crippen molar-refractivity contribution in [1.82, 2.24) is 10.3 Å². The van der Waals surface area contributed by atoms with E-state index in [1.807, 2.05) is 7.05 Å². The molecule has 0 aliphatic carbocycles. The standard InChI is InChI=1S/C6H16N4O2/c1-7-5-3-4-6-9(2)10(12)8-11/h7,11H,3-6H2,1-2H3/b10-8+. The van der Waals surface area contributed by atoms with Crippen LogP contribution in [-0.2, 0) is 0 Å². The summed E-state index contributed by atoms with van der Waals surface area (Å²) in [5.74, 6) is 0. The molecule has 2 N–H and O–H groups in total. The van der Waals surface area contributed by atoms with Crippen LogP contribution in [0.15, 0.2) is 5.28 Å². The summed E-state index contributed by atoms with van der Waals surface area (Å²) in [5.41, 5.74) is 0. The second-order valence-electron chi connectivity index (χ2n) is 2.53. The van der Waals surface area contributed by atoms with E-state index in [9.17, 15) is 5.21 Å². The Morgan fingerprint density at radius 3 is 2.75 bits per heavy atom. The molecule has 0 aromatic carbocycles. The number of hydrogen-bond donors (Lipinski definition) is 2. The second kappa shape index (κ2) is 6.66. The lowest BCUT2D eigenvalue weighted by molar-refractivity contribution is -0.704. The van der Waals surface area contributed by atoms with Crippen LogP contribution in [0, 0.1) is 5.21 Å². The molecule has 0 saturated heterocycles. The van der Waals surface area contributed by atoms with Crippen LogP contribution in [0.3, 0.4) is 0 Å². The Balaban J connectivity index is 3.37. The average Bonchev–Trinajstić information content (AvgIpc) is 2.10. The van der Waals surface area contributed by atoms with Crippen molar-refractivity contribution in [2.45, 2.75) is 12.8 Å². The van der Waals surface area contributed by atoms with Gasteiger partial charge in [0.1, 0.15) is 0 Å². The molecule has 0 radical (unpaired) electrons. The summed E-state index contributed by atoms with van der Waals surface area (Å²) >= 11 is 0. The quantitative estimate of drug-likeness (QED) is 0.262. The van der Waals surface area contributed by atoms with Gasteiger partial charge in [-0.2, -0.15) is 0 Å². The van der Waals surface area contributed by atoms with Crippen molar-refractivity contribution in [2.75, 3.05) is 27.2 Å². The summed E-state index contributed by atoms with van der Waals surface area (Å²) in [6.45, 7) is 1.53. The summed E-state index contributed by atoms with van der Waals surface area (Å²) in [6, 6.07) is 0. The summed E-state index contributed by atoms with van der Waals surface area (Å²) in [6.07, 6.45) is 1.89. The van der Waals surface area contributed by atoms with Gasteiger partial charge in [-0.3, -0.25) is 0 Å². The summed E-state index contributed by atoms with van der Waals surface area (Å²) in [5, 5.41) is 25.5. The number of nitrogens with one attached hydrogen (secondary N) is 1. The first-order valence-corrected chi connectivity index (χ1v) is 3.90. The molecule has 0 aliphatic rings. The number of hydrazine groups is 1. The van der Waals surface area contributed by atoms with Crippen LogP contribution < -0.4 is 5.32 Å². The Bertz CT molecular complexity index is 140. The molecule has 0 aromatic rings. The SMILES string of the molecule is CNCCCCN(C)/[N+]([O-])=N\O. The number of unbranched alkanes of at least 4 members (excludes halogenated alkanes) is 1. The predicted octanol–water partition coefficient (Wildman–Crippen LogP) is 0.184. The van der Waals surface area contributed by atoms with Gasteiger partial charge in [-0.1, -0.05) is 0 Å². The largest absolute Gasteiger partial charge is 0.569 e. The highest BCUT2D eigenvalue weighted by Gasteiger charge is 2.03. The minimum absolute atomic E-state index is 0.166. The molecule has 72 valence electrons. The van der Waals surface area contributed by atoms with E-state index in [4.69, 9.17) is 5.21 Å². The van der Waals surface area contributed by atoms with Crippen molar-refractivity contribution >= 4 is 0 Å². The van der Waals surface area contributed by atoms with Gasteiger partial charge in [-0.15, -0.1) is 5.01 Å². The Morgan fingerprint density at radius 2 is 2.25 bits per heavy atom. The highest BCUT2D eigenvalue weighted by atomic mass is 16.6. The van der Waals surface area contributed by atoms with Crippen LogP contribution in [0.1, 0.15) is 12.8 Å². The van der Waals surface area contributed by atoms with Gasteiger partial charge in [0, 0.05) is 0 Å². The van der Waals surface area contributed by atoms with Gasteiger partial charge >= 0.3 is 0 Å². The Kier molecular flexibility index (Phi) is 6.08. The van der Waals surface area contributed by atoms with E-state index in [1.165, 1.54) is 5.01 Å². The lowest BCUT2D eigenvalue weighted by Crippen LogP contribution is -2.27. The zero-order chi connectivity index (χ0) is 9.40. The van der Waals surface area contributed by atoms with Crippen LogP contribution in [0.4, 0.5) is 0 Å². The highest BCUT2D eigenvalue weighted by molar-refractivity contribution is 4.44. The van der Waals surface area contributed by atoms with Crippen molar-refractivity contribution in [3.63, 3.8) is 0 Å². The number of hydrogen-bond acceptors (Lipinski definition) is 3. The molecular formula is C6H16N4O2. The van der Waals surface area contributed by atoms with E-state index in [2.05, 4.69) is 10.6 Å². The number of nitrogens with zero attached hydrogens (tertiary/aromatic N) is 3. The normalized spacial score (nSPS) is 11.7. The van der Waals surface area contributed by atoms with E-state index in [-0.39, 0.29) is 4.97 Å². The van der Waals surface area contributed by atoms with Crippen molar-refractivity contribution in [3.8, 4) is 0 Å². The van der Waals surface area contributed by atoms with Crippen LogP contribution >= 0.6 is 0 Å². The van der Waals surface area contributed by atoms with E-state index in [0.29, 0.717) is 6.54 Å². The lowest BCUT2D eigenvalue weighted by atomic mass is 10.3. The Morgan fingerprint density at radius 1 is 1.58 bits per heavy atom. The maximum Gasteiger partial charge on any atom is 0.230 e.